The van der Waals surface area contributed by atoms with Crippen LogP contribution >= 0.6 is 0 Å². The minimum Gasteiger partial charge on any atom is -0.453 e. The smallest absolute Gasteiger partial charge is 0.407 e. The van der Waals surface area contributed by atoms with Crippen molar-refractivity contribution in [3.05, 3.63) is 47.2 Å². The van der Waals surface area contributed by atoms with Crippen molar-refractivity contribution in [1.29, 1.82) is 5.41 Å². The molecule has 0 spiro atoms. The number of nitrogens with one attached hydrogen (secondary N) is 5. The highest BCUT2D eigenvalue weighted by Gasteiger charge is 2.55. The number of carbonyl (C=O) groups is 2. The van der Waals surface area contributed by atoms with Gasteiger partial charge in [-0.15, -0.1) is 0 Å². The molecule has 0 radical (unpaired) electrons. The number of aliphatic hydroxyl groups is 1. The number of halogens is 7. The molecule has 0 aliphatic heterocycles. The quantitative estimate of drug-likeness (QED) is 0.150. The van der Waals surface area contributed by atoms with Gasteiger partial charge in [-0.1, -0.05) is 0 Å². The summed E-state index contributed by atoms with van der Waals surface area (Å²) in [6.07, 6.45) is -8.11. The molecule has 9 nitrogen and oxygen atoms in total. The molecule has 1 rings (SSSR count). The lowest BCUT2D eigenvalue weighted by atomic mass is 9.83. The summed E-state index contributed by atoms with van der Waals surface area (Å²) in [6, 6.07) is -0.388. The number of rotatable bonds is 14. The summed E-state index contributed by atoms with van der Waals surface area (Å²) in [4.78, 5) is 23.9. The second kappa shape index (κ2) is 14.7. The van der Waals surface area contributed by atoms with E-state index in [1.54, 1.807) is 0 Å². The lowest BCUT2D eigenvalue weighted by molar-refractivity contribution is -0.220. The Kier molecular flexibility index (Phi) is 12.7. The number of benzene rings is 1. The Hall–Kier alpha value is -3.40. The third-order valence-electron chi connectivity index (χ3n) is 5.45. The van der Waals surface area contributed by atoms with E-state index in [1.165, 1.54) is 0 Å². The third kappa shape index (κ3) is 10.4. The molecule has 1 aromatic carbocycles. The highest BCUT2D eigenvalue weighted by Crippen LogP contribution is 2.40. The predicted molar refractivity (Wildman–Crippen MR) is 126 cm³/mol. The molecule has 6 N–H and O–H groups in total. The highest BCUT2D eigenvalue weighted by atomic mass is 19.4. The zero-order valence-corrected chi connectivity index (χ0v) is 21.2. The summed E-state index contributed by atoms with van der Waals surface area (Å²) in [5.74, 6) is -3.33. The molecule has 2 atom stereocenters. The van der Waals surface area contributed by atoms with Crippen LogP contribution in [0.25, 0.3) is 0 Å². The summed E-state index contributed by atoms with van der Waals surface area (Å²) in [6.45, 7) is -0.610. The molecule has 1 unspecified atom stereocenters. The molecular formula is C23H30F7N5O4. The van der Waals surface area contributed by atoms with E-state index < -0.39 is 79.0 Å². The molecule has 0 aliphatic carbocycles. The maximum absolute atomic E-state index is 14.4. The van der Waals surface area contributed by atoms with Crippen molar-refractivity contribution in [1.82, 2.24) is 21.3 Å². The van der Waals surface area contributed by atoms with E-state index in [1.807, 2.05) is 5.32 Å². The second-order valence-electron chi connectivity index (χ2n) is 8.78. The molecule has 0 heterocycles. The summed E-state index contributed by atoms with van der Waals surface area (Å²) < 4.78 is 97.5. The zero-order chi connectivity index (χ0) is 30.0. The van der Waals surface area contributed by atoms with Gasteiger partial charge in [0.2, 0.25) is 5.91 Å². The van der Waals surface area contributed by atoms with Crippen LogP contribution in [0.15, 0.2) is 24.4 Å². The van der Waals surface area contributed by atoms with Crippen molar-refractivity contribution < 1.29 is 50.2 Å². The van der Waals surface area contributed by atoms with Gasteiger partial charge in [-0.3, -0.25) is 4.79 Å². The molecule has 0 aromatic heterocycles. The summed E-state index contributed by atoms with van der Waals surface area (Å²) in [7, 11) is 0.901. The first-order valence-corrected chi connectivity index (χ1v) is 11.3. The number of aliphatic hydroxyl groups excluding tert-OH is 1. The molecule has 2 amide bonds. The first kappa shape index (κ1) is 33.6. The average Bonchev–Trinajstić information content (AvgIpc) is 2.83. The second-order valence-corrected chi connectivity index (χ2v) is 8.78. The molecule has 16 heteroatoms. The maximum atomic E-state index is 14.4. The largest absolute Gasteiger partial charge is 0.453 e. The molecule has 0 bridgehead atoms. The van der Waals surface area contributed by atoms with Crippen molar-refractivity contribution in [2.24, 2.45) is 5.41 Å². The lowest BCUT2D eigenvalue weighted by Crippen LogP contribution is -2.60. The number of alkyl carbamates (subject to hydrolysis) is 1. The first-order valence-electron chi connectivity index (χ1n) is 11.3. The normalized spacial score (nSPS) is 13.7. The number of alkyl halides is 5. The van der Waals surface area contributed by atoms with Crippen molar-refractivity contribution in [3.8, 4) is 0 Å². The number of hydrogen-bond donors (Lipinski definition) is 6. The Morgan fingerprint density at radius 3 is 2.21 bits per heavy atom. The third-order valence-corrected chi connectivity index (χ3v) is 5.45. The number of ether oxygens (including phenoxy) is 1. The monoisotopic (exact) mass is 573 g/mol. The van der Waals surface area contributed by atoms with Gasteiger partial charge in [0.25, 0.3) is 6.43 Å². The van der Waals surface area contributed by atoms with Gasteiger partial charge in [0.15, 0.2) is 0 Å². The van der Waals surface area contributed by atoms with Crippen molar-refractivity contribution in [2.75, 3.05) is 26.7 Å². The van der Waals surface area contributed by atoms with Crippen LogP contribution in [0.1, 0.15) is 25.0 Å². The summed E-state index contributed by atoms with van der Waals surface area (Å²) >= 11 is 0. The summed E-state index contributed by atoms with van der Waals surface area (Å²) in [5.41, 5.74) is -3.67. The fourth-order valence-corrected chi connectivity index (χ4v) is 2.99. The fraction of sp³-hybridized carbons (Fsp3) is 0.522. The van der Waals surface area contributed by atoms with Gasteiger partial charge in [0, 0.05) is 30.8 Å². The Morgan fingerprint density at radius 1 is 1.10 bits per heavy atom. The van der Waals surface area contributed by atoms with Crippen LogP contribution in [0.5, 0.6) is 0 Å². The molecule has 0 saturated carbocycles. The van der Waals surface area contributed by atoms with Gasteiger partial charge in [-0.25, -0.2) is 22.4 Å². The molecule has 0 aliphatic rings. The van der Waals surface area contributed by atoms with E-state index in [9.17, 15) is 45.4 Å². The average molecular weight is 574 g/mol. The van der Waals surface area contributed by atoms with Crippen molar-refractivity contribution >= 4 is 17.7 Å². The Bertz CT molecular complexity index is 1010. The molecule has 1 aromatic rings. The van der Waals surface area contributed by atoms with Crippen molar-refractivity contribution in [3.63, 3.8) is 0 Å². The Labute approximate surface area is 219 Å². The van der Waals surface area contributed by atoms with Crippen molar-refractivity contribution in [2.45, 2.75) is 45.1 Å². The van der Waals surface area contributed by atoms with Gasteiger partial charge >= 0.3 is 12.3 Å². The van der Waals surface area contributed by atoms with Crippen LogP contribution < -0.4 is 21.3 Å². The van der Waals surface area contributed by atoms with E-state index in [-0.39, 0.29) is 17.8 Å². The number of carbonyl (C=O) groups excluding carboxylic acids is 2. The fourth-order valence-electron chi connectivity index (χ4n) is 2.99. The van der Waals surface area contributed by atoms with Crippen LogP contribution in [0.3, 0.4) is 0 Å². The molecule has 0 saturated heterocycles. The summed E-state index contributed by atoms with van der Waals surface area (Å²) in [5, 5.41) is 26.5. The van der Waals surface area contributed by atoms with Crippen LogP contribution in [0.2, 0.25) is 0 Å². The van der Waals surface area contributed by atoms with Crippen LogP contribution in [-0.2, 0) is 16.1 Å². The maximum Gasteiger partial charge on any atom is 0.407 e. The van der Waals surface area contributed by atoms with E-state index in [0.29, 0.717) is 13.8 Å². The van der Waals surface area contributed by atoms with Gasteiger partial charge in [-0.05, 0) is 38.3 Å². The SMILES string of the molecule is COC(=O)NC(C(=O)NC[C@@H](O)CNCc1c(F)cc(C(=N)/C=C\NCC(F)F)cc1F)C(C)(C)C(F)(F)F. The molecule has 39 heavy (non-hydrogen) atoms. The molecule has 0 fully saturated rings. The van der Waals surface area contributed by atoms with Crippen LogP contribution in [0.4, 0.5) is 35.5 Å². The predicted octanol–water partition coefficient (Wildman–Crippen LogP) is 2.58. The van der Waals surface area contributed by atoms with Gasteiger partial charge in [-0.2, -0.15) is 13.2 Å². The van der Waals surface area contributed by atoms with Gasteiger partial charge in [0.05, 0.1) is 30.9 Å². The number of hydrogen-bond acceptors (Lipinski definition) is 7. The van der Waals surface area contributed by atoms with E-state index >= 15 is 0 Å². The zero-order valence-electron chi connectivity index (χ0n) is 21.2. The first-order chi connectivity index (χ1) is 18.0. The minimum atomic E-state index is -4.89. The van der Waals surface area contributed by atoms with E-state index in [4.69, 9.17) is 5.41 Å². The topological polar surface area (TPSA) is 136 Å². The molecular weight excluding hydrogens is 543 g/mol. The lowest BCUT2D eigenvalue weighted by Gasteiger charge is -2.35. The van der Waals surface area contributed by atoms with E-state index in [0.717, 1.165) is 31.5 Å². The highest BCUT2D eigenvalue weighted by molar-refractivity contribution is 6.06. The van der Waals surface area contributed by atoms with E-state index in [2.05, 4.69) is 20.7 Å². The van der Waals surface area contributed by atoms with Crippen LogP contribution in [0, 0.1) is 22.5 Å². The Morgan fingerprint density at radius 2 is 1.69 bits per heavy atom. The van der Waals surface area contributed by atoms with Gasteiger partial charge in [0.1, 0.15) is 17.7 Å². The van der Waals surface area contributed by atoms with Crippen LogP contribution in [-0.4, -0.2) is 74.3 Å². The standard InChI is InChI=1S/C23H30F7N5O4/c1-22(2,23(28,29)30)19(35-21(38)39-3)20(37)34-9-13(36)8-33-10-14-15(24)6-12(7-16(14)25)17(31)4-5-32-11-18(26)27/h4-7,13,18-19,31-33,36H,8-11H2,1-3H3,(H,34,37)(H,35,38)/b5-4-,31-17?/t13-,19?/m0/s1. The number of amides is 2. The number of methoxy groups -OCH3 is 1. The Balaban J connectivity index is 2.71. The van der Waals surface area contributed by atoms with Gasteiger partial charge < -0.3 is 36.5 Å². The molecule has 220 valence electrons. The number of allylic oxidation sites excluding steroid dienone is 1. The minimum absolute atomic E-state index is 0.163.